The molecule has 1 aliphatic carbocycles. The van der Waals surface area contributed by atoms with Gasteiger partial charge in [0.05, 0.1) is 18.2 Å². The van der Waals surface area contributed by atoms with Crippen LogP contribution in [-0.4, -0.2) is 13.0 Å². The molecule has 3 heteroatoms. The number of carbonyl (C=O) groups excluding carboxylic acids is 1. The van der Waals surface area contributed by atoms with Gasteiger partial charge in [0.15, 0.2) is 0 Å². The van der Waals surface area contributed by atoms with Gasteiger partial charge < -0.3 is 10.1 Å². The number of anilines is 1. The molecular formula is C19H21NO2. The molecule has 0 aromatic heterocycles. The first kappa shape index (κ1) is 14.6. The zero-order chi connectivity index (χ0) is 15.7. The van der Waals surface area contributed by atoms with E-state index in [9.17, 15) is 4.79 Å². The third kappa shape index (κ3) is 2.59. The van der Waals surface area contributed by atoms with Crippen molar-refractivity contribution in [1.29, 1.82) is 0 Å². The molecule has 0 unspecified atom stereocenters. The molecule has 0 bridgehead atoms. The van der Waals surface area contributed by atoms with Gasteiger partial charge in [-0.15, -0.1) is 0 Å². The lowest BCUT2D eigenvalue weighted by Gasteiger charge is -2.18. The Labute approximate surface area is 131 Å². The molecule has 0 saturated heterocycles. The minimum atomic E-state index is -0.373. The van der Waals surface area contributed by atoms with E-state index in [-0.39, 0.29) is 11.3 Å². The molecule has 0 radical (unpaired) electrons. The first-order valence-electron chi connectivity index (χ1n) is 7.58. The molecule has 1 aliphatic rings. The largest absolute Gasteiger partial charge is 0.495 e. The highest BCUT2D eigenvalue weighted by Crippen LogP contribution is 2.49. The molecule has 1 saturated carbocycles. The molecule has 2 aromatic carbocycles. The van der Waals surface area contributed by atoms with Crippen molar-refractivity contribution in [2.24, 2.45) is 0 Å². The number of hydrogen-bond acceptors (Lipinski definition) is 2. The van der Waals surface area contributed by atoms with Gasteiger partial charge in [-0.2, -0.15) is 0 Å². The van der Waals surface area contributed by atoms with E-state index in [1.807, 2.05) is 25.1 Å². The minimum Gasteiger partial charge on any atom is -0.495 e. The molecule has 1 fully saturated rings. The normalized spacial score (nSPS) is 15.2. The van der Waals surface area contributed by atoms with Crippen LogP contribution in [0, 0.1) is 13.8 Å². The summed E-state index contributed by atoms with van der Waals surface area (Å²) in [6.45, 7) is 4.06. The van der Waals surface area contributed by atoms with Gasteiger partial charge >= 0.3 is 0 Å². The number of hydrogen-bond donors (Lipinski definition) is 1. The van der Waals surface area contributed by atoms with Crippen LogP contribution < -0.4 is 10.1 Å². The smallest absolute Gasteiger partial charge is 0.235 e. The summed E-state index contributed by atoms with van der Waals surface area (Å²) >= 11 is 0. The fourth-order valence-electron chi connectivity index (χ4n) is 2.81. The van der Waals surface area contributed by atoms with Crippen LogP contribution in [0.25, 0.3) is 0 Å². The van der Waals surface area contributed by atoms with E-state index in [0.717, 1.165) is 29.7 Å². The van der Waals surface area contributed by atoms with Crippen LogP contribution in [0.15, 0.2) is 42.5 Å². The number of nitrogens with one attached hydrogen (secondary N) is 1. The molecular weight excluding hydrogens is 274 g/mol. The number of ether oxygens (including phenoxy) is 1. The van der Waals surface area contributed by atoms with Gasteiger partial charge in [-0.05, 0) is 49.9 Å². The SMILES string of the molecule is COc1ccc(C)cc1NC(=O)C1(c2ccc(C)cc2)CC1. The number of aryl methyl sites for hydroxylation is 2. The van der Waals surface area contributed by atoms with Crippen molar-refractivity contribution in [3.8, 4) is 5.75 Å². The van der Waals surface area contributed by atoms with E-state index < -0.39 is 0 Å². The van der Waals surface area contributed by atoms with Crippen molar-refractivity contribution < 1.29 is 9.53 Å². The third-order valence-corrected chi connectivity index (χ3v) is 4.39. The molecule has 1 amide bonds. The summed E-state index contributed by atoms with van der Waals surface area (Å²) < 4.78 is 5.34. The maximum Gasteiger partial charge on any atom is 0.235 e. The van der Waals surface area contributed by atoms with Gasteiger partial charge in [0.2, 0.25) is 5.91 Å². The fourth-order valence-corrected chi connectivity index (χ4v) is 2.81. The lowest BCUT2D eigenvalue weighted by Crippen LogP contribution is -2.28. The lowest BCUT2D eigenvalue weighted by atomic mass is 9.94. The summed E-state index contributed by atoms with van der Waals surface area (Å²) in [5.74, 6) is 0.749. The Bertz CT molecular complexity index is 700. The van der Waals surface area contributed by atoms with Gasteiger partial charge in [-0.3, -0.25) is 4.79 Å². The highest BCUT2D eigenvalue weighted by molar-refractivity contribution is 6.02. The predicted octanol–water partition coefficient (Wildman–Crippen LogP) is 3.98. The average Bonchev–Trinajstić information content (AvgIpc) is 3.30. The topological polar surface area (TPSA) is 38.3 Å². The first-order chi connectivity index (χ1) is 10.5. The van der Waals surface area contributed by atoms with Gasteiger partial charge in [-0.25, -0.2) is 0 Å². The van der Waals surface area contributed by atoms with E-state index in [2.05, 4.69) is 36.5 Å². The summed E-state index contributed by atoms with van der Waals surface area (Å²) in [7, 11) is 1.62. The Hall–Kier alpha value is -2.29. The van der Waals surface area contributed by atoms with Crippen LogP contribution in [0.3, 0.4) is 0 Å². The van der Waals surface area contributed by atoms with E-state index >= 15 is 0 Å². The molecule has 3 nitrogen and oxygen atoms in total. The van der Waals surface area contributed by atoms with Crippen LogP contribution in [0.1, 0.15) is 29.5 Å². The van der Waals surface area contributed by atoms with E-state index in [1.165, 1.54) is 5.56 Å². The molecule has 0 heterocycles. The summed E-state index contributed by atoms with van der Waals surface area (Å²) in [4.78, 5) is 12.8. The van der Waals surface area contributed by atoms with E-state index in [0.29, 0.717) is 5.75 Å². The summed E-state index contributed by atoms with van der Waals surface area (Å²) in [6.07, 6.45) is 1.80. The van der Waals surface area contributed by atoms with Crippen LogP contribution >= 0.6 is 0 Å². The fraction of sp³-hybridized carbons (Fsp3) is 0.316. The molecule has 3 rings (SSSR count). The minimum absolute atomic E-state index is 0.0558. The predicted molar refractivity (Wildman–Crippen MR) is 88.5 cm³/mol. The van der Waals surface area contributed by atoms with Gasteiger partial charge in [0.25, 0.3) is 0 Å². The van der Waals surface area contributed by atoms with Crippen molar-refractivity contribution in [3.63, 3.8) is 0 Å². The Morgan fingerprint density at radius 2 is 1.68 bits per heavy atom. The number of amides is 1. The van der Waals surface area contributed by atoms with Crippen molar-refractivity contribution in [3.05, 3.63) is 59.2 Å². The van der Waals surface area contributed by atoms with Gasteiger partial charge in [-0.1, -0.05) is 35.9 Å². The Kier molecular flexibility index (Phi) is 3.65. The van der Waals surface area contributed by atoms with Crippen LogP contribution in [0.5, 0.6) is 5.75 Å². The Balaban J connectivity index is 1.86. The third-order valence-electron chi connectivity index (χ3n) is 4.39. The lowest BCUT2D eigenvalue weighted by molar-refractivity contribution is -0.118. The van der Waals surface area contributed by atoms with Gasteiger partial charge in [0.1, 0.15) is 5.75 Å². The molecule has 0 atom stereocenters. The monoisotopic (exact) mass is 295 g/mol. The first-order valence-corrected chi connectivity index (χ1v) is 7.58. The number of benzene rings is 2. The maximum absolute atomic E-state index is 12.8. The zero-order valence-electron chi connectivity index (χ0n) is 13.3. The standard InChI is InChI=1S/C19H21NO2/c1-13-4-7-15(8-5-13)19(10-11-19)18(21)20-16-12-14(2)6-9-17(16)22-3/h4-9,12H,10-11H2,1-3H3,(H,20,21). The van der Waals surface area contributed by atoms with E-state index in [1.54, 1.807) is 7.11 Å². The number of rotatable bonds is 4. The van der Waals surface area contributed by atoms with Crippen molar-refractivity contribution in [2.45, 2.75) is 32.1 Å². The van der Waals surface area contributed by atoms with E-state index in [4.69, 9.17) is 4.74 Å². The summed E-state index contributed by atoms with van der Waals surface area (Å²) in [5.41, 5.74) is 3.77. The molecule has 1 N–H and O–H groups in total. The molecule has 22 heavy (non-hydrogen) atoms. The molecule has 2 aromatic rings. The second-order valence-corrected chi connectivity index (χ2v) is 6.11. The zero-order valence-corrected chi connectivity index (χ0v) is 13.3. The second kappa shape index (κ2) is 5.48. The molecule has 0 aliphatic heterocycles. The molecule has 114 valence electrons. The number of methoxy groups -OCH3 is 1. The average molecular weight is 295 g/mol. The summed E-state index contributed by atoms with van der Waals surface area (Å²) in [6, 6.07) is 14.1. The second-order valence-electron chi connectivity index (χ2n) is 6.11. The number of carbonyl (C=O) groups is 1. The Morgan fingerprint density at radius 1 is 1.05 bits per heavy atom. The maximum atomic E-state index is 12.8. The van der Waals surface area contributed by atoms with Crippen LogP contribution in [0.2, 0.25) is 0 Å². The van der Waals surface area contributed by atoms with Crippen LogP contribution in [-0.2, 0) is 10.2 Å². The van der Waals surface area contributed by atoms with Crippen molar-refractivity contribution in [1.82, 2.24) is 0 Å². The summed E-state index contributed by atoms with van der Waals surface area (Å²) in [5, 5.41) is 3.05. The Morgan fingerprint density at radius 3 is 2.27 bits per heavy atom. The highest BCUT2D eigenvalue weighted by Gasteiger charge is 2.51. The highest BCUT2D eigenvalue weighted by atomic mass is 16.5. The molecule has 0 spiro atoms. The van der Waals surface area contributed by atoms with Gasteiger partial charge in [0, 0.05) is 0 Å². The quantitative estimate of drug-likeness (QED) is 0.926. The van der Waals surface area contributed by atoms with Crippen molar-refractivity contribution >= 4 is 11.6 Å². The van der Waals surface area contributed by atoms with Crippen LogP contribution in [0.4, 0.5) is 5.69 Å². The van der Waals surface area contributed by atoms with Crippen molar-refractivity contribution in [2.75, 3.05) is 12.4 Å².